The van der Waals surface area contributed by atoms with Gasteiger partial charge in [0.05, 0.1) is 5.69 Å². The second-order valence-electron chi connectivity index (χ2n) is 4.24. The summed E-state index contributed by atoms with van der Waals surface area (Å²) in [5, 5.41) is 6.32. The van der Waals surface area contributed by atoms with Crippen molar-refractivity contribution in [2.24, 2.45) is 0 Å². The van der Waals surface area contributed by atoms with Crippen LogP contribution < -0.4 is 10.6 Å². The van der Waals surface area contributed by atoms with E-state index in [1.807, 2.05) is 48.5 Å². The molecule has 0 spiro atoms. The van der Waals surface area contributed by atoms with E-state index in [1.165, 1.54) is 0 Å². The van der Waals surface area contributed by atoms with E-state index in [-0.39, 0.29) is 6.03 Å². The third-order valence-electron chi connectivity index (χ3n) is 2.73. The molecule has 0 atom stereocenters. The molecule has 2 amide bonds. The van der Waals surface area contributed by atoms with Crippen LogP contribution >= 0.6 is 27.5 Å². The number of rotatable bonds is 4. The zero-order valence-electron chi connectivity index (χ0n) is 10.7. The number of carbonyl (C=O) groups excluding carboxylic acids is 1. The van der Waals surface area contributed by atoms with E-state index in [9.17, 15) is 4.79 Å². The van der Waals surface area contributed by atoms with E-state index in [4.69, 9.17) is 11.6 Å². The first kappa shape index (κ1) is 14.9. The third kappa shape index (κ3) is 4.54. The van der Waals surface area contributed by atoms with Crippen molar-refractivity contribution >= 4 is 39.2 Å². The second-order valence-corrected chi connectivity index (χ2v) is 5.53. The van der Waals surface area contributed by atoms with Gasteiger partial charge in [0.15, 0.2) is 0 Å². The fourth-order valence-corrected chi connectivity index (χ4v) is 2.21. The van der Waals surface area contributed by atoms with Gasteiger partial charge in [0, 0.05) is 16.0 Å². The number of hydrogen-bond acceptors (Lipinski definition) is 1. The van der Waals surface area contributed by atoms with E-state index >= 15 is 0 Å². The van der Waals surface area contributed by atoms with Gasteiger partial charge in [0.25, 0.3) is 0 Å². The summed E-state index contributed by atoms with van der Waals surface area (Å²) >= 11 is 9.20. The maximum absolute atomic E-state index is 11.7. The Kier molecular flexibility index (Phi) is 5.44. The minimum absolute atomic E-state index is 0.217. The molecule has 0 radical (unpaired) electrons. The van der Waals surface area contributed by atoms with Crippen molar-refractivity contribution in [3.8, 4) is 0 Å². The number of nitrogens with one attached hydrogen (secondary N) is 2. The lowest BCUT2D eigenvalue weighted by Gasteiger charge is -2.09. The predicted molar refractivity (Wildman–Crippen MR) is 86.3 cm³/mol. The van der Waals surface area contributed by atoms with Gasteiger partial charge >= 0.3 is 6.03 Å². The van der Waals surface area contributed by atoms with Crippen LogP contribution in [0.3, 0.4) is 0 Å². The molecule has 0 aliphatic carbocycles. The molecule has 0 saturated heterocycles. The van der Waals surface area contributed by atoms with Crippen LogP contribution in [0.5, 0.6) is 0 Å². The van der Waals surface area contributed by atoms with Gasteiger partial charge in [0.2, 0.25) is 0 Å². The first-order chi connectivity index (χ1) is 9.65. The van der Waals surface area contributed by atoms with E-state index in [0.717, 1.165) is 22.1 Å². The molecule has 104 valence electrons. The van der Waals surface area contributed by atoms with Crippen molar-refractivity contribution < 1.29 is 4.79 Å². The van der Waals surface area contributed by atoms with Crippen LogP contribution in [0.25, 0.3) is 0 Å². The summed E-state index contributed by atoms with van der Waals surface area (Å²) in [5.41, 5.74) is 1.88. The summed E-state index contributed by atoms with van der Waals surface area (Å²) in [6.07, 6.45) is 0.764. The molecule has 5 heteroatoms. The molecule has 2 rings (SSSR count). The number of anilines is 1. The topological polar surface area (TPSA) is 41.1 Å². The highest BCUT2D eigenvalue weighted by Crippen LogP contribution is 2.20. The molecule has 0 saturated carbocycles. The van der Waals surface area contributed by atoms with Crippen molar-refractivity contribution in [3.63, 3.8) is 0 Å². The number of amides is 2. The van der Waals surface area contributed by atoms with Crippen molar-refractivity contribution in [1.82, 2.24) is 5.32 Å². The standard InChI is InChI=1S/C15H14BrClN2O/c16-13-3-1-2-4-14(13)19-15(20)18-10-9-11-5-7-12(17)8-6-11/h1-8H,9-10H2,(H2,18,19,20). The number of para-hydroxylation sites is 1. The quantitative estimate of drug-likeness (QED) is 0.837. The largest absolute Gasteiger partial charge is 0.338 e. The molecule has 2 aromatic carbocycles. The van der Waals surface area contributed by atoms with Crippen LogP contribution in [0.4, 0.5) is 10.5 Å². The zero-order chi connectivity index (χ0) is 14.4. The fourth-order valence-electron chi connectivity index (χ4n) is 1.70. The van der Waals surface area contributed by atoms with Crippen LogP contribution in [-0.2, 0) is 6.42 Å². The Hall–Kier alpha value is -1.52. The number of halogens is 2. The summed E-state index contributed by atoms with van der Waals surface area (Å²) < 4.78 is 0.854. The van der Waals surface area contributed by atoms with Crippen molar-refractivity contribution in [2.45, 2.75) is 6.42 Å². The fraction of sp³-hybridized carbons (Fsp3) is 0.133. The third-order valence-corrected chi connectivity index (χ3v) is 3.68. The van der Waals surface area contributed by atoms with Crippen LogP contribution in [0.1, 0.15) is 5.56 Å². The lowest BCUT2D eigenvalue weighted by atomic mass is 10.1. The van der Waals surface area contributed by atoms with Crippen LogP contribution in [0.15, 0.2) is 53.0 Å². The Bertz CT molecular complexity index is 587. The molecule has 2 N–H and O–H groups in total. The Labute approximate surface area is 131 Å². The monoisotopic (exact) mass is 352 g/mol. The van der Waals surface area contributed by atoms with Gasteiger partial charge in [-0.25, -0.2) is 4.79 Å². The number of carbonyl (C=O) groups is 1. The van der Waals surface area contributed by atoms with Crippen molar-refractivity contribution in [1.29, 1.82) is 0 Å². The number of hydrogen-bond donors (Lipinski definition) is 2. The summed E-state index contributed by atoms with van der Waals surface area (Å²) in [5.74, 6) is 0. The van der Waals surface area contributed by atoms with E-state index < -0.39 is 0 Å². The van der Waals surface area contributed by atoms with Gasteiger partial charge in [-0.1, -0.05) is 35.9 Å². The molecule has 2 aromatic rings. The SMILES string of the molecule is O=C(NCCc1ccc(Cl)cc1)Nc1ccccc1Br. The Balaban J connectivity index is 1.78. The van der Waals surface area contributed by atoms with Gasteiger partial charge in [-0.05, 0) is 52.2 Å². The Morgan fingerprint density at radius 2 is 1.80 bits per heavy atom. The predicted octanol–water partition coefficient (Wildman–Crippen LogP) is 4.47. The minimum atomic E-state index is -0.217. The van der Waals surface area contributed by atoms with Gasteiger partial charge < -0.3 is 10.6 Å². The zero-order valence-corrected chi connectivity index (χ0v) is 13.0. The lowest BCUT2D eigenvalue weighted by Crippen LogP contribution is -2.30. The summed E-state index contributed by atoms with van der Waals surface area (Å²) in [4.78, 5) is 11.7. The highest BCUT2D eigenvalue weighted by atomic mass is 79.9. The van der Waals surface area contributed by atoms with E-state index in [0.29, 0.717) is 11.6 Å². The van der Waals surface area contributed by atoms with Crippen LogP contribution in [-0.4, -0.2) is 12.6 Å². The molecule has 0 aliphatic rings. The highest BCUT2D eigenvalue weighted by Gasteiger charge is 2.03. The van der Waals surface area contributed by atoms with E-state index in [1.54, 1.807) is 0 Å². The summed E-state index contributed by atoms with van der Waals surface area (Å²) in [7, 11) is 0. The molecular weight excluding hydrogens is 340 g/mol. The molecule has 20 heavy (non-hydrogen) atoms. The molecule has 0 unspecified atom stereocenters. The maximum Gasteiger partial charge on any atom is 0.319 e. The van der Waals surface area contributed by atoms with Crippen molar-refractivity contribution in [3.05, 3.63) is 63.6 Å². The average Bonchev–Trinajstić information content (AvgIpc) is 2.44. The molecule has 3 nitrogen and oxygen atoms in total. The minimum Gasteiger partial charge on any atom is -0.338 e. The Morgan fingerprint density at radius 1 is 1.10 bits per heavy atom. The van der Waals surface area contributed by atoms with E-state index in [2.05, 4.69) is 26.6 Å². The average molecular weight is 354 g/mol. The van der Waals surface area contributed by atoms with Crippen molar-refractivity contribution in [2.75, 3.05) is 11.9 Å². The number of benzene rings is 2. The first-order valence-electron chi connectivity index (χ1n) is 6.19. The van der Waals surface area contributed by atoms with Gasteiger partial charge in [-0.3, -0.25) is 0 Å². The molecule has 0 aromatic heterocycles. The Morgan fingerprint density at radius 3 is 2.50 bits per heavy atom. The molecule has 0 fully saturated rings. The van der Waals surface area contributed by atoms with Gasteiger partial charge in [-0.15, -0.1) is 0 Å². The molecule has 0 bridgehead atoms. The first-order valence-corrected chi connectivity index (χ1v) is 7.36. The normalized spacial score (nSPS) is 10.1. The van der Waals surface area contributed by atoms with Crippen LogP contribution in [0, 0.1) is 0 Å². The van der Waals surface area contributed by atoms with Crippen LogP contribution in [0.2, 0.25) is 5.02 Å². The molecular formula is C15H14BrClN2O. The smallest absolute Gasteiger partial charge is 0.319 e. The van der Waals surface area contributed by atoms with Gasteiger partial charge in [0.1, 0.15) is 0 Å². The molecule has 0 heterocycles. The lowest BCUT2D eigenvalue weighted by molar-refractivity contribution is 0.252. The summed E-state index contributed by atoms with van der Waals surface area (Å²) in [6.45, 7) is 0.567. The number of urea groups is 1. The summed E-state index contributed by atoms with van der Waals surface area (Å²) in [6, 6.07) is 14.9. The second kappa shape index (κ2) is 7.31. The highest BCUT2D eigenvalue weighted by molar-refractivity contribution is 9.10. The maximum atomic E-state index is 11.7. The molecule has 0 aliphatic heterocycles. The van der Waals surface area contributed by atoms with Gasteiger partial charge in [-0.2, -0.15) is 0 Å².